The highest BCUT2D eigenvalue weighted by molar-refractivity contribution is 6.39. The molecule has 1 saturated heterocycles. The summed E-state index contributed by atoms with van der Waals surface area (Å²) in [6.45, 7) is 3.04. The number of carbonyl (C=O) groups is 2. The number of hydrogen-bond acceptors (Lipinski definition) is 6. The van der Waals surface area contributed by atoms with Gasteiger partial charge in [-0.15, -0.1) is 0 Å². The number of benzene rings is 2. The SMILES string of the molecule is COc1cccc(NC(=O)C(=O)NC[C@H](c2cccc(OC)c2)N2CCOCC2)c1. The summed E-state index contributed by atoms with van der Waals surface area (Å²) in [6, 6.07) is 14.5. The summed E-state index contributed by atoms with van der Waals surface area (Å²) in [7, 11) is 3.16. The van der Waals surface area contributed by atoms with Crippen LogP contribution < -0.4 is 20.1 Å². The minimum absolute atomic E-state index is 0.0995. The lowest BCUT2D eigenvalue weighted by molar-refractivity contribution is -0.136. The number of methoxy groups -OCH3 is 2. The van der Waals surface area contributed by atoms with Gasteiger partial charge >= 0.3 is 11.8 Å². The van der Waals surface area contributed by atoms with Crippen LogP contribution in [0, 0.1) is 0 Å². The molecule has 30 heavy (non-hydrogen) atoms. The zero-order chi connectivity index (χ0) is 21.3. The zero-order valence-electron chi connectivity index (χ0n) is 17.2. The summed E-state index contributed by atoms with van der Waals surface area (Å²) in [5, 5.41) is 5.35. The van der Waals surface area contributed by atoms with Crippen LogP contribution in [0.15, 0.2) is 48.5 Å². The number of nitrogens with one attached hydrogen (secondary N) is 2. The van der Waals surface area contributed by atoms with E-state index in [0.29, 0.717) is 24.7 Å². The summed E-state index contributed by atoms with van der Waals surface area (Å²) < 4.78 is 15.9. The second kappa shape index (κ2) is 10.6. The van der Waals surface area contributed by atoms with Crippen LogP contribution in [0.5, 0.6) is 11.5 Å². The Kier molecular flexibility index (Phi) is 7.64. The molecular weight excluding hydrogens is 386 g/mol. The summed E-state index contributed by atoms with van der Waals surface area (Å²) in [5.74, 6) is -0.0833. The molecule has 2 amide bonds. The van der Waals surface area contributed by atoms with Gasteiger partial charge in [-0.1, -0.05) is 18.2 Å². The first-order chi connectivity index (χ1) is 14.6. The molecule has 2 N–H and O–H groups in total. The van der Waals surface area contributed by atoms with E-state index in [1.54, 1.807) is 31.4 Å². The number of ether oxygens (including phenoxy) is 3. The van der Waals surface area contributed by atoms with Gasteiger partial charge in [0.2, 0.25) is 0 Å². The third-order valence-electron chi connectivity index (χ3n) is 4.95. The van der Waals surface area contributed by atoms with Gasteiger partial charge in [0.15, 0.2) is 0 Å². The fraction of sp³-hybridized carbons (Fsp3) is 0.364. The van der Waals surface area contributed by atoms with Gasteiger partial charge in [-0.25, -0.2) is 0 Å². The molecule has 0 aromatic heterocycles. The topological polar surface area (TPSA) is 89.1 Å². The Morgan fingerprint density at radius 1 is 1.00 bits per heavy atom. The van der Waals surface area contributed by atoms with Gasteiger partial charge in [0.1, 0.15) is 11.5 Å². The van der Waals surface area contributed by atoms with Gasteiger partial charge in [0, 0.05) is 31.4 Å². The first-order valence-electron chi connectivity index (χ1n) is 9.79. The van der Waals surface area contributed by atoms with E-state index in [0.717, 1.165) is 24.4 Å². The molecule has 0 saturated carbocycles. The molecule has 0 spiro atoms. The number of rotatable bonds is 7. The van der Waals surface area contributed by atoms with Crippen LogP contribution in [0.3, 0.4) is 0 Å². The molecule has 1 aliphatic rings. The van der Waals surface area contributed by atoms with Crippen LogP contribution >= 0.6 is 0 Å². The van der Waals surface area contributed by atoms with Crippen molar-refractivity contribution in [3.63, 3.8) is 0 Å². The van der Waals surface area contributed by atoms with E-state index >= 15 is 0 Å². The van der Waals surface area contributed by atoms with Crippen molar-refractivity contribution < 1.29 is 23.8 Å². The third-order valence-corrected chi connectivity index (χ3v) is 4.95. The van der Waals surface area contributed by atoms with Crippen LogP contribution in [-0.4, -0.2) is 63.8 Å². The molecule has 0 radical (unpaired) electrons. The molecule has 1 atom stereocenters. The fourth-order valence-corrected chi connectivity index (χ4v) is 3.35. The number of amides is 2. The first kappa shape index (κ1) is 21.6. The number of carbonyl (C=O) groups excluding carboxylic acids is 2. The summed E-state index contributed by atoms with van der Waals surface area (Å²) in [6.07, 6.45) is 0. The van der Waals surface area contributed by atoms with E-state index in [4.69, 9.17) is 14.2 Å². The van der Waals surface area contributed by atoms with Gasteiger partial charge in [-0.2, -0.15) is 0 Å². The van der Waals surface area contributed by atoms with Crippen molar-refractivity contribution in [2.24, 2.45) is 0 Å². The molecule has 3 rings (SSSR count). The van der Waals surface area contributed by atoms with E-state index < -0.39 is 11.8 Å². The molecule has 8 heteroatoms. The van der Waals surface area contributed by atoms with Crippen LogP contribution in [-0.2, 0) is 14.3 Å². The maximum absolute atomic E-state index is 12.4. The number of anilines is 1. The first-order valence-corrected chi connectivity index (χ1v) is 9.79. The van der Waals surface area contributed by atoms with E-state index in [9.17, 15) is 9.59 Å². The summed E-state index contributed by atoms with van der Waals surface area (Å²) in [4.78, 5) is 27.0. The van der Waals surface area contributed by atoms with E-state index in [-0.39, 0.29) is 12.6 Å². The third kappa shape index (κ3) is 5.71. The molecule has 2 aromatic carbocycles. The maximum Gasteiger partial charge on any atom is 0.313 e. The highest BCUT2D eigenvalue weighted by Crippen LogP contribution is 2.25. The molecular formula is C22H27N3O5. The van der Waals surface area contributed by atoms with Gasteiger partial charge in [-0.05, 0) is 29.8 Å². The van der Waals surface area contributed by atoms with Crippen LogP contribution in [0.25, 0.3) is 0 Å². The molecule has 2 aromatic rings. The zero-order valence-corrected chi connectivity index (χ0v) is 17.2. The lowest BCUT2D eigenvalue weighted by Crippen LogP contribution is -2.45. The van der Waals surface area contributed by atoms with Gasteiger partial charge < -0.3 is 24.8 Å². The predicted octanol–water partition coefficient (Wildman–Crippen LogP) is 1.83. The van der Waals surface area contributed by atoms with Gasteiger partial charge in [0.05, 0.1) is 33.5 Å². The molecule has 160 valence electrons. The Morgan fingerprint density at radius 2 is 1.67 bits per heavy atom. The Balaban J connectivity index is 1.66. The largest absolute Gasteiger partial charge is 0.497 e. The lowest BCUT2D eigenvalue weighted by Gasteiger charge is -2.35. The van der Waals surface area contributed by atoms with Crippen LogP contribution in [0.4, 0.5) is 5.69 Å². The lowest BCUT2D eigenvalue weighted by atomic mass is 10.0. The van der Waals surface area contributed by atoms with Crippen molar-refractivity contribution in [3.8, 4) is 11.5 Å². The smallest absolute Gasteiger partial charge is 0.313 e. The quantitative estimate of drug-likeness (QED) is 0.674. The van der Waals surface area contributed by atoms with Crippen molar-refractivity contribution in [3.05, 3.63) is 54.1 Å². The Bertz CT molecular complexity index is 867. The van der Waals surface area contributed by atoms with Crippen LogP contribution in [0.1, 0.15) is 11.6 Å². The molecule has 1 fully saturated rings. The Hall–Kier alpha value is -3.10. The molecule has 8 nitrogen and oxygen atoms in total. The van der Waals surface area contributed by atoms with Gasteiger partial charge in [-0.3, -0.25) is 14.5 Å². The average molecular weight is 413 g/mol. The highest BCUT2D eigenvalue weighted by atomic mass is 16.5. The van der Waals surface area contributed by atoms with Gasteiger partial charge in [0.25, 0.3) is 0 Å². The predicted molar refractivity (Wildman–Crippen MR) is 113 cm³/mol. The Labute approximate surface area is 176 Å². The van der Waals surface area contributed by atoms with Crippen molar-refractivity contribution >= 4 is 17.5 Å². The second-order valence-corrected chi connectivity index (χ2v) is 6.84. The molecule has 1 heterocycles. The average Bonchev–Trinajstić information content (AvgIpc) is 2.80. The standard InChI is InChI=1S/C22H27N3O5/c1-28-18-7-3-5-16(13-18)20(25-9-11-30-12-10-25)15-23-21(26)22(27)24-17-6-4-8-19(14-17)29-2/h3-8,13-14,20H,9-12,15H2,1-2H3,(H,23,26)(H,24,27)/t20-/m1/s1. The fourth-order valence-electron chi connectivity index (χ4n) is 3.35. The summed E-state index contributed by atoms with van der Waals surface area (Å²) >= 11 is 0. The molecule has 0 bridgehead atoms. The van der Waals surface area contributed by atoms with E-state index in [1.807, 2.05) is 24.3 Å². The van der Waals surface area contributed by atoms with Crippen molar-refractivity contribution in [1.29, 1.82) is 0 Å². The number of nitrogens with zero attached hydrogens (tertiary/aromatic N) is 1. The monoisotopic (exact) mass is 413 g/mol. The van der Waals surface area contributed by atoms with E-state index in [2.05, 4.69) is 15.5 Å². The molecule has 1 aliphatic heterocycles. The highest BCUT2D eigenvalue weighted by Gasteiger charge is 2.25. The summed E-state index contributed by atoms with van der Waals surface area (Å²) in [5.41, 5.74) is 1.50. The second-order valence-electron chi connectivity index (χ2n) is 6.84. The number of morpholine rings is 1. The minimum atomic E-state index is -0.727. The normalized spacial score (nSPS) is 15.1. The maximum atomic E-state index is 12.4. The molecule has 0 aliphatic carbocycles. The van der Waals surface area contributed by atoms with Crippen molar-refractivity contribution in [1.82, 2.24) is 10.2 Å². The minimum Gasteiger partial charge on any atom is -0.497 e. The van der Waals surface area contributed by atoms with Crippen molar-refractivity contribution in [2.45, 2.75) is 6.04 Å². The number of hydrogen-bond donors (Lipinski definition) is 2. The Morgan fingerprint density at radius 3 is 2.37 bits per heavy atom. The van der Waals surface area contributed by atoms with Crippen LogP contribution in [0.2, 0.25) is 0 Å². The van der Waals surface area contributed by atoms with Crippen molar-refractivity contribution in [2.75, 3.05) is 52.4 Å². The molecule has 0 unspecified atom stereocenters. The van der Waals surface area contributed by atoms with E-state index in [1.165, 1.54) is 7.11 Å².